The predicted molar refractivity (Wildman–Crippen MR) is 116 cm³/mol. The lowest BCUT2D eigenvalue weighted by atomic mass is 10.1. The maximum Gasteiger partial charge on any atom is 0.273 e. The van der Waals surface area contributed by atoms with Crippen molar-refractivity contribution in [2.75, 3.05) is 0 Å². The molecule has 0 aliphatic rings. The molecule has 0 aliphatic heterocycles. The summed E-state index contributed by atoms with van der Waals surface area (Å²) in [6.07, 6.45) is 0. The molecule has 1 N–H and O–H groups in total. The first-order chi connectivity index (χ1) is 15.0. The summed E-state index contributed by atoms with van der Waals surface area (Å²) in [6.45, 7) is 2.21. The number of halogens is 2. The van der Waals surface area contributed by atoms with E-state index in [9.17, 15) is 9.18 Å². The van der Waals surface area contributed by atoms with Crippen molar-refractivity contribution < 1.29 is 18.4 Å². The highest BCUT2D eigenvalue weighted by Crippen LogP contribution is 2.29. The number of amides is 1. The first-order valence-electron chi connectivity index (χ1n) is 9.52. The van der Waals surface area contributed by atoms with Crippen LogP contribution < -0.4 is 10.1 Å². The zero-order chi connectivity index (χ0) is 21.8. The maximum atomic E-state index is 13.0. The zero-order valence-electron chi connectivity index (χ0n) is 16.6. The Hall–Kier alpha value is -3.64. The third kappa shape index (κ3) is 4.92. The molecule has 0 fully saturated rings. The van der Waals surface area contributed by atoms with Gasteiger partial charge in [0.1, 0.15) is 17.3 Å². The van der Waals surface area contributed by atoms with E-state index >= 15 is 0 Å². The van der Waals surface area contributed by atoms with E-state index < -0.39 is 0 Å². The van der Waals surface area contributed by atoms with Crippen LogP contribution in [0.1, 0.15) is 21.6 Å². The molecule has 0 spiro atoms. The lowest BCUT2D eigenvalue weighted by molar-refractivity contribution is 0.0942. The second-order valence-electron chi connectivity index (χ2n) is 6.87. The molecular formula is C24H18ClFN2O3. The second-order valence-corrected chi connectivity index (χ2v) is 7.28. The molecule has 4 aromatic rings. The summed E-state index contributed by atoms with van der Waals surface area (Å²) < 4.78 is 24.1. The largest absolute Gasteiger partial charge is 0.457 e. The van der Waals surface area contributed by atoms with Gasteiger partial charge in [-0.3, -0.25) is 4.79 Å². The highest BCUT2D eigenvalue weighted by atomic mass is 35.5. The Morgan fingerprint density at radius 3 is 2.58 bits per heavy atom. The van der Waals surface area contributed by atoms with Crippen molar-refractivity contribution in [2.24, 2.45) is 0 Å². The lowest BCUT2D eigenvalue weighted by Gasteiger charge is -2.10. The number of hydrogen-bond donors (Lipinski definition) is 1. The molecule has 4 rings (SSSR count). The molecule has 0 saturated heterocycles. The number of aromatic nitrogens is 1. The van der Waals surface area contributed by atoms with Gasteiger partial charge < -0.3 is 14.6 Å². The van der Waals surface area contributed by atoms with Crippen molar-refractivity contribution in [3.63, 3.8) is 0 Å². The van der Waals surface area contributed by atoms with Crippen molar-refractivity contribution >= 4 is 17.5 Å². The molecule has 7 heteroatoms. The average molecular weight is 437 g/mol. The zero-order valence-corrected chi connectivity index (χ0v) is 17.3. The van der Waals surface area contributed by atoms with Gasteiger partial charge in [-0.2, -0.15) is 0 Å². The van der Waals surface area contributed by atoms with Gasteiger partial charge >= 0.3 is 0 Å². The Kier molecular flexibility index (Phi) is 6.00. The Labute approximate surface area is 183 Å². The Bertz CT molecular complexity index is 1200. The van der Waals surface area contributed by atoms with Gasteiger partial charge in [-0.1, -0.05) is 35.0 Å². The fourth-order valence-electron chi connectivity index (χ4n) is 2.91. The van der Waals surface area contributed by atoms with E-state index in [1.807, 2.05) is 49.4 Å². The summed E-state index contributed by atoms with van der Waals surface area (Å²) in [5.41, 5.74) is 2.55. The second kappa shape index (κ2) is 9.02. The number of nitrogens with one attached hydrogen (secondary N) is 1. The minimum absolute atomic E-state index is 0.149. The predicted octanol–water partition coefficient (Wildman–Crippen LogP) is 6.16. The van der Waals surface area contributed by atoms with Gasteiger partial charge in [-0.15, -0.1) is 0 Å². The van der Waals surface area contributed by atoms with Crippen molar-refractivity contribution in [2.45, 2.75) is 13.5 Å². The van der Waals surface area contributed by atoms with E-state index in [0.717, 1.165) is 11.1 Å². The van der Waals surface area contributed by atoms with Crippen LogP contribution >= 0.6 is 11.6 Å². The summed E-state index contributed by atoms with van der Waals surface area (Å²) in [7, 11) is 0. The van der Waals surface area contributed by atoms with Gasteiger partial charge in [0, 0.05) is 28.8 Å². The van der Waals surface area contributed by atoms with Gasteiger partial charge in [0.15, 0.2) is 11.5 Å². The molecule has 0 aliphatic carbocycles. The van der Waals surface area contributed by atoms with Crippen LogP contribution in [-0.2, 0) is 6.54 Å². The summed E-state index contributed by atoms with van der Waals surface area (Å²) in [5, 5.41) is 7.23. The van der Waals surface area contributed by atoms with Gasteiger partial charge in [0.2, 0.25) is 0 Å². The van der Waals surface area contributed by atoms with Crippen LogP contribution in [-0.4, -0.2) is 11.1 Å². The molecule has 156 valence electrons. The number of benzene rings is 3. The molecule has 0 atom stereocenters. The molecule has 5 nitrogen and oxygen atoms in total. The minimum atomic E-state index is -0.369. The lowest BCUT2D eigenvalue weighted by Crippen LogP contribution is -2.22. The standard InChI is InChI=1S/C24H18ClFN2O3/c1-15-20(25)3-2-4-22(15)30-19-11-5-16(6-12-19)14-27-24(29)21-13-23(31-28-21)17-7-9-18(26)10-8-17/h2-13H,14H2,1H3,(H,27,29). The number of carbonyl (C=O) groups is 1. The van der Waals surface area contributed by atoms with Gasteiger partial charge in [0.05, 0.1) is 0 Å². The first-order valence-corrected chi connectivity index (χ1v) is 9.90. The topological polar surface area (TPSA) is 64.4 Å². The first kappa shape index (κ1) is 20.6. The number of rotatable bonds is 6. The normalized spacial score (nSPS) is 10.7. The third-order valence-corrected chi connectivity index (χ3v) is 5.10. The Morgan fingerprint density at radius 2 is 1.84 bits per heavy atom. The van der Waals surface area contributed by atoms with Gasteiger partial charge in [0.25, 0.3) is 5.91 Å². The van der Waals surface area contributed by atoms with Crippen LogP contribution in [0.2, 0.25) is 5.02 Å². The van der Waals surface area contributed by atoms with Crippen molar-refractivity contribution in [3.8, 4) is 22.8 Å². The quantitative estimate of drug-likeness (QED) is 0.393. The van der Waals surface area contributed by atoms with Crippen LogP contribution in [0.25, 0.3) is 11.3 Å². The molecule has 0 unspecified atom stereocenters. The summed E-state index contributed by atoms with van der Waals surface area (Å²) >= 11 is 6.12. The fourth-order valence-corrected chi connectivity index (χ4v) is 3.07. The molecule has 1 amide bonds. The molecule has 1 heterocycles. The molecule has 0 radical (unpaired) electrons. The summed E-state index contributed by atoms with van der Waals surface area (Å²) in [6, 6.07) is 20.2. The van der Waals surface area contributed by atoms with E-state index in [2.05, 4.69) is 10.5 Å². The van der Waals surface area contributed by atoms with Crippen LogP contribution in [0, 0.1) is 12.7 Å². The molecule has 31 heavy (non-hydrogen) atoms. The van der Waals surface area contributed by atoms with Crippen LogP contribution in [0.5, 0.6) is 11.5 Å². The summed E-state index contributed by atoms with van der Waals surface area (Å²) in [5.74, 6) is 1.03. The van der Waals surface area contributed by atoms with Gasteiger partial charge in [-0.25, -0.2) is 4.39 Å². The van der Waals surface area contributed by atoms with Crippen molar-refractivity contribution in [3.05, 3.63) is 100 Å². The highest BCUT2D eigenvalue weighted by molar-refractivity contribution is 6.31. The van der Waals surface area contributed by atoms with Crippen LogP contribution in [0.15, 0.2) is 77.3 Å². The Morgan fingerprint density at radius 1 is 1.10 bits per heavy atom. The third-order valence-electron chi connectivity index (χ3n) is 4.69. The molecule has 3 aromatic carbocycles. The van der Waals surface area contributed by atoms with Crippen LogP contribution in [0.3, 0.4) is 0 Å². The number of hydrogen-bond acceptors (Lipinski definition) is 4. The fraction of sp³-hybridized carbons (Fsp3) is 0.0833. The maximum absolute atomic E-state index is 13.0. The van der Waals surface area contributed by atoms with Crippen molar-refractivity contribution in [1.29, 1.82) is 0 Å². The van der Waals surface area contributed by atoms with E-state index in [0.29, 0.717) is 34.4 Å². The van der Waals surface area contributed by atoms with E-state index in [-0.39, 0.29) is 17.4 Å². The van der Waals surface area contributed by atoms with E-state index in [4.69, 9.17) is 20.9 Å². The van der Waals surface area contributed by atoms with Crippen molar-refractivity contribution in [1.82, 2.24) is 10.5 Å². The van der Waals surface area contributed by atoms with Crippen LogP contribution in [0.4, 0.5) is 4.39 Å². The monoisotopic (exact) mass is 436 g/mol. The van der Waals surface area contributed by atoms with E-state index in [1.54, 1.807) is 12.1 Å². The molecule has 1 aromatic heterocycles. The highest BCUT2D eigenvalue weighted by Gasteiger charge is 2.14. The molecule has 0 saturated carbocycles. The minimum Gasteiger partial charge on any atom is -0.457 e. The number of carbonyl (C=O) groups excluding carboxylic acids is 1. The number of ether oxygens (including phenoxy) is 1. The van der Waals surface area contributed by atoms with Gasteiger partial charge in [-0.05, 0) is 61.0 Å². The summed E-state index contributed by atoms with van der Waals surface area (Å²) in [4.78, 5) is 12.4. The Balaban J connectivity index is 1.35. The average Bonchev–Trinajstić information content (AvgIpc) is 3.27. The van der Waals surface area contributed by atoms with E-state index in [1.165, 1.54) is 18.2 Å². The SMILES string of the molecule is Cc1c(Cl)cccc1Oc1ccc(CNC(=O)c2cc(-c3ccc(F)cc3)on2)cc1. The molecule has 0 bridgehead atoms. The number of nitrogens with zero attached hydrogens (tertiary/aromatic N) is 1. The molecular weight excluding hydrogens is 419 g/mol. The smallest absolute Gasteiger partial charge is 0.273 e.